The van der Waals surface area contributed by atoms with Gasteiger partial charge in [0.2, 0.25) is 0 Å². The van der Waals surface area contributed by atoms with E-state index in [4.69, 9.17) is 33.7 Å². The van der Waals surface area contributed by atoms with Crippen LogP contribution in [0.3, 0.4) is 0 Å². The van der Waals surface area contributed by atoms with E-state index in [0.717, 1.165) is 23.3 Å². The van der Waals surface area contributed by atoms with Crippen LogP contribution in [0.2, 0.25) is 10.0 Å². The Morgan fingerprint density at radius 3 is 2.35 bits per heavy atom. The quantitative estimate of drug-likeness (QED) is 0.845. The van der Waals surface area contributed by atoms with E-state index >= 15 is 0 Å². The van der Waals surface area contributed by atoms with Gasteiger partial charge in [-0.2, -0.15) is 0 Å². The molecule has 0 bridgehead atoms. The standard InChI is InChI=1S/C16H17Cl2NO/c1-2-15(19)11-6-3-4-9-16(11)20-10-12-13(17)7-5-8-14(12)18/h3-9,15H,2,10,19H2,1H3/t15-/m1/s1. The molecule has 0 aliphatic heterocycles. The molecular formula is C16H17Cl2NO. The maximum Gasteiger partial charge on any atom is 0.124 e. The molecule has 2 nitrogen and oxygen atoms in total. The Hall–Kier alpha value is -1.22. The van der Waals surface area contributed by atoms with E-state index in [1.807, 2.05) is 37.3 Å². The van der Waals surface area contributed by atoms with Gasteiger partial charge in [0.25, 0.3) is 0 Å². The number of halogens is 2. The van der Waals surface area contributed by atoms with E-state index in [-0.39, 0.29) is 6.04 Å². The molecule has 0 unspecified atom stereocenters. The molecule has 2 rings (SSSR count). The van der Waals surface area contributed by atoms with Crippen molar-refractivity contribution >= 4 is 23.2 Å². The van der Waals surface area contributed by atoms with Crippen molar-refractivity contribution in [2.24, 2.45) is 5.73 Å². The highest BCUT2D eigenvalue weighted by molar-refractivity contribution is 6.35. The van der Waals surface area contributed by atoms with Crippen molar-refractivity contribution in [3.05, 3.63) is 63.6 Å². The van der Waals surface area contributed by atoms with Crippen LogP contribution in [0.15, 0.2) is 42.5 Å². The van der Waals surface area contributed by atoms with E-state index in [9.17, 15) is 0 Å². The monoisotopic (exact) mass is 309 g/mol. The van der Waals surface area contributed by atoms with Gasteiger partial charge >= 0.3 is 0 Å². The molecule has 4 heteroatoms. The zero-order chi connectivity index (χ0) is 14.5. The van der Waals surface area contributed by atoms with Crippen molar-refractivity contribution in [2.75, 3.05) is 0 Å². The lowest BCUT2D eigenvalue weighted by atomic mass is 10.0. The molecular weight excluding hydrogens is 293 g/mol. The normalized spacial score (nSPS) is 12.2. The first-order chi connectivity index (χ1) is 9.63. The Morgan fingerprint density at radius 1 is 1.05 bits per heavy atom. The minimum atomic E-state index is -0.0343. The number of para-hydroxylation sites is 1. The van der Waals surface area contributed by atoms with Crippen LogP contribution in [0.25, 0.3) is 0 Å². The summed E-state index contributed by atoms with van der Waals surface area (Å²) in [6.45, 7) is 2.37. The summed E-state index contributed by atoms with van der Waals surface area (Å²) in [4.78, 5) is 0. The Kier molecular flexibility index (Phi) is 5.30. The lowest BCUT2D eigenvalue weighted by Gasteiger charge is -2.16. The highest BCUT2D eigenvalue weighted by Crippen LogP contribution is 2.29. The van der Waals surface area contributed by atoms with E-state index in [1.54, 1.807) is 12.1 Å². The maximum absolute atomic E-state index is 6.14. The smallest absolute Gasteiger partial charge is 0.124 e. The average molecular weight is 310 g/mol. The van der Waals surface area contributed by atoms with Crippen LogP contribution in [0.1, 0.15) is 30.5 Å². The number of nitrogens with two attached hydrogens (primary N) is 1. The number of hydrogen-bond donors (Lipinski definition) is 1. The molecule has 0 heterocycles. The maximum atomic E-state index is 6.14. The number of hydrogen-bond acceptors (Lipinski definition) is 2. The molecule has 0 aliphatic carbocycles. The molecule has 106 valence electrons. The van der Waals surface area contributed by atoms with Crippen LogP contribution in [0, 0.1) is 0 Å². The second-order valence-corrected chi connectivity index (χ2v) is 5.36. The van der Waals surface area contributed by atoms with Gasteiger partial charge in [0.1, 0.15) is 12.4 Å². The van der Waals surface area contributed by atoms with Gasteiger partial charge in [-0.1, -0.05) is 54.4 Å². The third kappa shape index (κ3) is 3.45. The Bertz CT molecular complexity index is 566. The van der Waals surface area contributed by atoms with Gasteiger partial charge in [-0.25, -0.2) is 0 Å². The number of rotatable bonds is 5. The van der Waals surface area contributed by atoms with Gasteiger partial charge in [-0.3, -0.25) is 0 Å². The molecule has 20 heavy (non-hydrogen) atoms. The lowest BCUT2D eigenvalue weighted by Crippen LogP contribution is -2.11. The summed E-state index contributed by atoms with van der Waals surface area (Å²) in [5.74, 6) is 0.776. The van der Waals surface area contributed by atoms with Crippen molar-refractivity contribution in [1.82, 2.24) is 0 Å². The van der Waals surface area contributed by atoms with Gasteiger partial charge < -0.3 is 10.5 Å². The molecule has 2 aromatic carbocycles. The largest absolute Gasteiger partial charge is 0.488 e. The minimum absolute atomic E-state index is 0.0343. The predicted octanol–water partition coefficient (Wildman–Crippen LogP) is 4.98. The third-order valence-electron chi connectivity index (χ3n) is 3.19. The van der Waals surface area contributed by atoms with E-state index in [2.05, 4.69) is 0 Å². The SMILES string of the molecule is CC[C@@H](N)c1ccccc1OCc1c(Cl)cccc1Cl. The predicted molar refractivity (Wildman–Crippen MR) is 84.5 cm³/mol. The summed E-state index contributed by atoms with van der Waals surface area (Å²) >= 11 is 12.3. The van der Waals surface area contributed by atoms with Gasteiger partial charge in [0, 0.05) is 27.2 Å². The van der Waals surface area contributed by atoms with Crippen LogP contribution in [0.4, 0.5) is 0 Å². The van der Waals surface area contributed by atoms with Gasteiger partial charge in [-0.15, -0.1) is 0 Å². The zero-order valence-electron chi connectivity index (χ0n) is 11.3. The fourth-order valence-corrected chi connectivity index (χ4v) is 2.46. The van der Waals surface area contributed by atoms with Crippen LogP contribution in [0.5, 0.6) is 5.75 Å². The summed E-state index contributed by atoms with van der Waals surface area (Å²) in [7, 11) is 0. The van der Waals surface area contributed by atoms with Crippen LogP contribution in [-0.2, 0) is 6.61 Å². The zero-order valence-corrected chi connectivity index (χ0v) is 12.8. The molecule has 0 amide bonds. The fraction of sp³-hybridized carbons (Fsp3) is 0.250. The number of ether oxygens (including phenoxy) is 1. The topological polar surface area (TPSA) is 35.2 Å². The van der Waals surface area contributed by atoms with E-state index < -0.39 is 0 Å². The summed E-state index contributed by atoms with van der Waals surface area (Å²) in [6, 6.07) is 13.2. The minimum Gasteiger partial charge on any atom is -0.488 e. The Morgan fingerprint density at radius 2 is 1.70 bits per heavy atom. The second kappa shape index (κ2) is 6.98. The summed E-state index contributed by atoms with van der Waals surface area (Å²) in [5.41, 5.74) is 7.88. The van der Waals surface area contributed by atoms with Crippen LogP contribution >= 0.6 is 23.2 Å². The first-order valence-corrected chi connectivity index (χ1v) is 7.29. The van der Waals surface area contributed by atoms with Gasteiger partial charge in [-0.05, 0) is 24.6 Å². The van der Waals surface area contributed by atoms with Crippen molar-refractivity contribution in [1.29, 1.82) is 0 Å². The molecule has 2 N–H and O–H groups in total. The lowest BCUT2D eigenvalue weighted by molar-refractivity contribution is 0.301. The molecule has 1 atom stereocenters. The molecule has 0 fully saturated rings. The summed E-state index contributed by atoms with van der Waals surface area (Å²) in [6.07, 6.45) is 0.854. The molecule has 0 spiro atoms. The second-order valence-electron chi connectivity index (χ2n) is 4.54. The number of benzene rings is 2. The molecule has 0 saturated heterocycles. The molecule has 0 aromatic heterocycles. The Balaban J connectivity index is 2.19. The van der Waals surface area contributed by atoms with Crippen molar-refractivity contribution in [2.45, 2.75) is 26.0 Å². The molecule has 0 aliphatic rings. The van der Waals surface area contributed by atoms with Crippen molar-refractivity contribution in [3.8, 4) is 5.75 Å². The van der Waals surface area contributed by atoms with Crippen LogP contribution < -0.4 is 10.5 Å². The fourth-order valence-electron chi connectivity index (χ4n) is 1.96. The third-order valence-corrected chi connectivity index (χ3v) is 3.90. The Labute approximate surface area is 129 Å². The van der Waals surface area contributed by atoms with Crippen molar-refractivity contribution < 1.29 is 4.74 Å². The summed E-state index contributed by atoms with van der Waals surface area (Å²) < 4.78 is 5.86. The average Bonchev–Trinajstić information content (AvgIpc) is 2.46. The van der Waals surface area contributed by atoms with E-state index in [0.29, 0.717) is 16.7 Å². The van der Waals surface area contributed by atoms with Gasteiger partial charge in [0.05, 0.1) is 0 Å². The first-order valence-electron chi connectivity index (χ1n) is 6.53. The molecule has 0 radical (unpaired) electrons. The summed E-state index contributed by atoms with van der Waals surface area (Å²) in [5, 5.41) is 1.21. The van der Waals surface area contributed by atoms with Crippen molar-refractivity contribution in [3.63, 3.8) is 0 Å². The van der Waals surface area contributed by atoms with E-state index in [1.165, 1.54) is 0 Å². The molecule has 0 saturated carbocycles. The first kappa shape index (κ1) is 15.2. The highest BCUT2D eigenvalue weighted by atomic mass is 35.5. The van der Waals surface area contributed by atoms with Crippen LogP contribution in [-0.4, -0.2) is 0 Å². The molecule has 2 aromatic rings. The highest BCUT2D eigenvalue weighted by Gasteiger charge is 2.11. The van der Waals surface area contributed by atoms with Gasteiger partial charge in [0.15, 0.2) is 0 Å².